The summed E-state index contributed by atoms with van der Waals surface area (Å²) in [6.07, 6.45) is 7.60. The maximum Gasteiger partial charge on any atom is 0.318 e. The molecule has 2 atom stereocenters. The summed E-state index contributed by atoms with van der Waals surface area (Å²) < 4.78 is 4.90. The third-order valence-corrected chi connectivity index (χ3v) is 3.13. The molecular weight excluding hydrogens is 192 g/mol. The van der Waals surface area contributed by atoms with Crippen LogP contribution in [-0.4, -0.2) is 43.3 Å². The lowest BCUT2D eigenvalue weighted by Crippen LogP contribution is -2.48. The normalized spacial score (nSPS) is 28.2. The van der Waals surface area contributed by atoms with Crippen molar-refractivity contribution in [1.82, 2.24) is 10.2 Å². The van der Waals surface area contributed by atoms with Crippen LogP contribution in [0, 0.1) is 0 Å². The van der Waals surface area contributed by atoms with Crippen molar-refractivity contribution in [3.63, 3.8) is 0 Å². The van der Waals surface area contributed by atoms with E-state index in [2.05, 4.69) is 17.5 Å². The third kappa shape index (κ3) is 2.15. The van der Waals surface area contributed by atoms with E-state index >= 15 is 0 Å². The SMILES string of the molecule is COCCNC(=O)N1C2C=CCC1CC2. The molecule has 2 rings (SSSR count). The van der Waals surface area contributed by atoms with Gasteiger partial charge in [-0.05, 0) is 19.3 Å². The molecule has 4 nitrogen and oxygen atoms in total. The van der Waals surface area contributed by atoms with E-state index in [0.29, 0.717) is 25.2 Å². The summed E-state index contributed by atoms with van der Waals surface area (Å²) in [7, 11) is 1.64. The van der Waals surface area contributed by atoms with Gasteiger partial charge in [-0.15, -0.1) is 0 Å². The molecule has 2 aliphatic rings. The monoisotopic (exact) mass is 210 g/mol. The Kier molecular flexibility index (Phi) is 3.26. The van der Waals surface area contributed by atoms with Gasteiger partial charge >= 0.3 is 6.03 Å². The number of rotatable bonds is 3. The summed E-state index contributed by atoms with van der Waals surface area (Å²) in [5.41, 5.74) is 0. The number of carbonyl (C=O) groups is 1. The first kappa shape index (κ1) is 10.5. The minimum Gasteiger partial charge on any atom is -0.383 e. The van der Waals surface area contributed by atoms with E-state index in [1.165, 1.54) is 0 Å². The minimum absolute atomic E-state index is 0.0592. The fourth-order valence-electron chi connectivity index (χ4n) is 2.39. The van der Waals surface area contributed by atoms with E-state index in [4.69, 9.17) is 4.74 Å². The van der Waals surface area contributed by atoms with Gasteiger partial charge in [0.05, 0.1) is 12.6 Å². The highest BCUT2D eigenvalue weighted by atomic mass is 16.5. The van der Waals surface area contributed by atoms with Crippen LogP contribution in [0.5, 0.6) is 0 Å². The summed E-state index contributed by atoms with van der Waals surface area (Å²) in [6.45, 7) is 1.17. The average Bonchev–Trinajstić information content (AvgIpc) is 2.49. The van der Waals surface area contributed by atoms with Gasteiger partial charge in [0.1, 0.15) is 0 Å². The van der Waals surface area contributed by atoms with Crippen LogP contribution >= 0.6 is 0 Å². The van der Waals surface area contributed by atoms with Crippen LogP contribution in [-0.2, 0) is 4.74 Å². The Hall–Kier alpha value is -1.03. The Morgan fingerprint density at radius 1 is 1.60 bits per heavy atom. The van der Waals surface area contributed by atoms with Crippen LogP contribution in [0.3, 0.4) is 0 Å². The van der Waals surface area contributed by atoms with Crippen molar-refractivity contribution >= 4 is 6.03 Å². The fourth-order valence-corrected chi connectivity index (χ4v) is 2.39. The molecule has 0 saturated carbocycles. The fraction of sp³-hybridized carbons (Fsp3) is 0.727. The summed E-state index contributed by atoms with van der Waals surface area (Å²) in [4.78, 5) is 13.8. The quantitative estimate of drug-likeness (QED) is 0.560. The molecule has 1 N–H and O–H groups in total. The zero-order valence-corrected chi connectivity index (χ0v) is 9.11. The molecule has 0 aromatic heterocycles. The molecule has 0 aromatic carbocycles. The van der Waals surface area contributed by atoms with Crippen molar-refractivity contribution in [2.45, 2.75) is 31.3 Å². The maximum absolute atomic E-state index is 11.9. The second-order valence-electron chi connectivity index (χ2n) is 4.09. The largest absolute Gasteiger partial charge is 0.383 e. The molecule has 1 fully saturated rings. The Labute approximate surface area is 90.3 Å². The molecule has 0 aliphatic carbocycles. The van der Waals surface area contributed by atoms with Gasteiger partial charge in [-0.3, -0.25) is 0 Å². The number of hydrogen-bond donors (Lipinski definition) is 1. The van der Waals surface area contributed by atoms with Crippen molar-refractivity contribution in [3.8, 4) is 0 Å². The van der Waals surface area contributed by atoms with Crippen LogP contribution in [0.4, 0.5) is 4.79 Å². The average molecular weight is 210 g/mol. The van der Waals surface area contributed by atoms with E-state index < -0.39 is 0 Å². The second kappa shape index (κ2) is 4.66. The van der Waals surface area contributed by atoms with Gasteiger partial charge in [-0.1, -0.05) is 12.2 Å². The van der Waals surface area contributed by atoms with Crippen LogP contribution < -0.4 is 5.32 Å². The highest BCUT2D eigenvalue weighted by molar-refractivity contribution is 5.75. The van der Waals surface area contributed by atoms with E-state index in [1.54, 1.807) is 7.11 Å². The van der Waals surface area contributed by atoms with E-state index in [1.807, 2.05) is 4.90 Å². The predicted octanol–water partition coefficient (Wildman–Crippen LogP) is 1.14. The molecule has 2 bridgehead atoms. The van der Waals surface area contributed by atoms with Crippen molar-refractivity contribution in [2.24, 2.45) is 0 Å². The lowest BCUT2D eigenvalue weighted by atomic mass is 10.1. The second-order valence-corrected chi connectivity index (χ2v) is 4.09. The molecule has 2 unspecified atom stereocenters. The highest BCUT2D eigenvalue weighted by Gasteiger charge is 2.36. The number of hydrogen-bond acceptors (Lipinski definition) is 2. The zero-order valence-electron chi connectivity index (χ0n) is 9.11. The van der Waals surface area contributed by atoms with Gasteiger partial charge < -0.3 is 15.0 Å². The number of nitrogens with zero attached hydrogens (tertiary/aromatic N) is 1. The van der Waals surface area contributed by atoms with Gasteiger partial charge in [-0.25, -0.2) is 4.79 Å². The van der Waals surface area contributed by atoms with Crippen molar-refractivity contribution in [2.75, 3.05) is 20.3 Å². The highest BCUT2D eigenvalue weighted by Crippen LogP contribution is 2.31. The van der Waals surface area contributed by atoms with Gasteiger partial charge in [-0.2, -0.15) is 0 Å². The van der Waals surface area contributed by atoms with Crippen LogP contribution in [0.15, 0.2) is 12.2 Å². The topological polar surface area (TPSA) is 41.6 Å². The summed E-state index contributed by atoms with van der Waals surface area (Å²) in [5, 5.41) is 2.88. The molecule has 0 spiro atoms. The Morgan fingerprint density at radius 3 is 3.20 bits per heavy atom. The minimum atomic E-state index is 0.0592. The van der Waals surface area contributed by atoms with Crippen molar-refractivity contribution < 1.29 is 9.53 Å². The van der Waals surface area contributed by atoms with Crippen LogP contribution in [0.1, 0.15) is 19.3 Å². The number of amides is 2. The van der Waals surface area contributed by atoms with E-state index in [-0.39, 0.29) is 6.03 Å². The molecule has 15 heavy (non-hydrogen) atoms. The molecule has 2 amide bonds. The standard InChI is InChI=1S/C11H18N2O2/c1-15-8-7-12-11(14)13-9-3-2-4-10(13)6-5-9/h2-3,9-10H,4-8H2,1H3,(H,12,14). The van der Waals surface area contributed by atoms with Gasteiger partial charge in [0.25, 0.3) is 0 Å². The number of methoxy groups -OCH3 is 1. The maximum atomic E-state index is 11.9. The third-order valence-electron chi connectivity index (χ3n) is 3.13. The molecule has 84 valence electrons. The summed E-state index contributed by atoms with van der Waals surface area (Å²) in [5.74, 6) is 0. The van der Waals surface area contributed by atoms with E-state index in [0.717, 1.165) is 19.3 Å². The molecule has 2 aliphatic heterocycles. The first-order valence-corrected chi connectivity index (χ1v) is 5.54. The Morgan fingerprint density at radius 2 is 2.47 bits per heavy atom. The number of urea groups is 1. The number of ether oxygens (including phenoxy) is 1. The number of fused-ring (bicyclic) bond motifs is 2. The zero-order chi connectivity index (χ0) is 10.7. The number of nitrogens with one attached hydrogen (secondary N) is 1. The molecule has 0 aromatic rings. The number of carbonyl (C=O) groups excluding carboxylic acids is 1. The molecule has 0 radical (unpaired) electrons. The van der Waals surface area contributed by atoms with Gasteiger partial charge in [0.15, 0.2) is 0 Å². The first-order valence-electron chi connectivity index (χ1n) is 5.54. The summed E-state index contributed by atoms with van der Waals surface area (Å²) >= 11 is 0. The smallest absolute Gasteiger partial charge is 0.318 e. The van der Waals surface area contributed by atoms with Crippen molar-refractivity contribution in [1.29, 1.82) is 0 Å². The van der Waals surface area contributed by atoms with E-state index in [9.17, 15) is 4.79 Å². The summed E-state index contributed by atoms with van der Waals surface area (Å²) in [6, 6.07) is 0.803. The Balaban J connectivity index is 1.88. The van der Waals surface area contributed by atoms with Crippen LogP contribution in [0.2, 0.25) is 0 Å². The predicted molar refractivity (Wildman–Crippen MR) is 57.7 cm³/mol. The lowest BCUT2D eigenvalue weighted by molar-refractivity contribution is 0.167. The molecule has 4 heteroatoms. The van der Waals surface area contributed by atoms with Gasteiger partial charge in [0.2, 0.25) is 0 Å². The Bertz CT molecular complexity index is 265. The lowest BCUT2D eigenvalue weighted by Gasteiger charge is -2.31. The van der Waals surface area contributed by atoms with Gasteiger partial charge in [0, 0.05) is 19.7 Å². The molecule has 2 heterocycles. The van der Waals surface area contributed by atoms with Crippen molar-refractivity contribution in [3.05, 3.63) is 12.2 Å². The molecular formula is C11H18N2O2. The first-order chi connectivity index (χ1) is 7.33. The van der Waals surface area contributed by atoms with Crippen LogP contribution in [0.25, 0.3) is 0 Å². The molecule has 1 saturated heterocycles.